The van der Waals surface area contributed by atoms with E-state index < -0.39 is 5.54 Å². The van der Waals surface area contributed by atoms with Crippen LogP contribution >= 0.6 is 15.9 Å². The summed E-state index contributed by atoms with van der Waals surface area (Å²) in [6, 6.07) is 6.06. The molecule has 1 heterocycles. The van der Waals surface area contributed by atoms with Crippen molar-refractivity contribution in [2.45, 2.75) is 45.1 Å². The van der Waals surface area contributed by atoms with Crippen LogP contribution in [0.5, 0.6) is 0 Å². The average Bonchev–Trinajstić information content (AvgIpc) is 2.88. The zero-order valence-electron chi connectivity index (χ0n) is 12.4. The molecule has 0 radical (unpaired) electrons. The van der Waals surface area contributed by atoms with Crippen LogP contribution in [0.15, 0.2) is 27.2 Å². The van der Waals surface area contributed by atoms with Gasteiger partial charge in [0.1, 0.15) is 0 Å². The quantitative estimate of drug-likeness (QED) is 0.883. The zero-order valence-corrected chi connectivity index (χ0v) is 14.0. The minimum atomic E-state index is -0.448. The molecular weight excluding hydrogens is 330 g/mol. The van der Waals surface area contributed by atoms with Gasteiger partial charge in [0, 0.05) is 4.47 Å². The predicted octanol–water partition coefficient (Wildman–Crippen LogP) is 4.17. The Bertz CT molecular complexity index is 655. The molecule has 2 atom stereocenters. The lowest BCUT2D eigenvalue weighted by atomic mass is 9.76. The molecule has 5 heteroatoms. The Kier molecular flexibility index (Phi) is 3.88. The number of aryl methyl sites for hydroxylation is 1. The summed E-state index contributed by atoms with van der Waals surface area (Å²) in [4.78, 5) is 4.57. The van der Waals surface area contributed by atoms with Gasteiger partial charge < -0.3 is 10.3 Å². The summed E-state index contributed by atoms with van der Waals surface area (Å²) in [7, 11) is 0. The maximum Gasteiger partial charge on any atom is 0.259 e. The summed E-state index contributed by atoms with van der Waals surface area (Å²) < 4.78 is 6.41. The van der Waals surface area contributed by atoms with E-state index in [2.05, 4.69) is 33.0 Å². The Labute approximate surface area is 133 Å². The first-order chi connectivity index (χ1) is 9.98. The summed E-state index contributed by atoms with van der Waals surface area (Å²) in [6.45, 7) is 4.28. The van der Waals surface area contributed by atoms with Crippen molar-refractivity contribution in [1.29, 1.82) is 0 Å². The molecule has 21 heavy (non-hydrogen) atoms. The van der Waals surface area contributed by atoms with Crippen molar-refractivity contribution in [2.75, 3.05) is 0 Å². The molecule has 112 valence electrons. The second kappa shape index (κ2) is 5.54. The number of nitrogens with zero attached hydrogens (tertiary/aromatic N) is 2. The van der Waals surface area contributed by atoms with Gasteiger partial charge in [-0.15, -0.1) is 0 Å². The van der Waals surface area contributed by atoms with Gasteiger partial charge in [0.25, 0.3) is 5.89 Å². The normalized spacial score (nSPS) is 26.0. The lowest BCUT2D eigenvalue weighted by Crippen LogP contribution is -2.42. The van der Waals surface area contributed by atoms with Gasteiger partial charge in [-0.3, -0.25) is 0 Å². The second-order valence-corrected chi connectivity index (χ2v) is 7.12. The van der Waals surface area contributed by atoms with Crippen molar-refractivity contribution < 1.29 is 4.52 Å². The minimum absolute atomic E-state index is 0.448. The SMILES string of the molecule is Cc1ccc(-c2nc(C3(N)CCCC(C)C3)no2)c(Br)c1. The predicted molar refractivity (Wildman–Crippen MR) is 85.7 cm³/mol. The van der Waals surface area contributed by atoms with Crippen molar-refractivity contribution in [3.05, 3.63) is 34.1 Å². The molecule has 3 rings (SSSR count). The summed E-state index contributed by atoms with van der Waals surface area (Å²) in [5.41, 5.74) is 8.17. The number of rotatable bonds is 2. The highest BCUT2D eigenvalue weighted by Gasteiger charge is 2.37. The molecule has 2 aromatic rings. The molecule has 0 bridgehead atoms. The van der Waals surface area contributed by atoms with E-state index in [9.17, 15) is 0 Å². The summed E-state index contributed by atoms with van der Waals surface area (Å²) in [5, 5.41) is 4.15. The molecule has 4 nitrogen and oxygen atoms in total. The number of hydrogen-bond acceptors (Lipinski definition) is 4. The van der Waals surface area contributed by atoms with Gasteiger partial charge in [0.05, 0.1) is 11.1 Å². The molecule has 0 spiro atoms. The van der Waals surface area contributed by atoms with Crippen molar-refractivity contribution in [3.63, 3.8) is 0 Å². The number of hydrogen-bond donors (Lipinski definition) is 1. The second-order valence-electron chi connectivity index (χ2n) is 6.26. The molecule has 1 aromatic heterocycles. The third-order valence-corrected chi connectivity index (χ3v) is 4.91. The van der Waals surface area contributed by atoms with Crippen LogP contribution in [0.25, 0.3) is 11.5 Å². The van der Waals surface area contributed by atoms with Crippen LogP contribution in [0.4, 0.5) is 0 Å². The van der Waals surface area contributed by atoms with Gasteiger partial charge in [-0.25, -0.2) is 0 Å². The first-order valence-electron chi connectivity index (χ1n) is 7.37. The average molecular weight is 350 g/mol. The van der Waals surface area contributed by atoms with Gasteiger partial charge in [-0.1, -0.05) is 31.0 Å². The minimum Gasteiger partial charge on any atom is -0.334 e. The topological polar surface area (TPSA) is 64.9 Å². The Hall–Kier alpha value is -1.20. The molecule has 1 fully saturated rings. The number of benzene rings is 1. The molecule has 2 N–H and O–H groups in total. The highest BCUT2D eigenvalue weighted by molar-refractivity contribution is 9.10. The van der Waals surface area contributed by atoms with Gasteiger partial charge in [-0.2, -0.15) is 4.98 Å². The third-order valence-electron chi connectivity index (χ3n) is 4.26. The number of nitrogens with two attached hydrogens (primary N) is 1. The van der Waals surface area contributed by atoms with Crippen LogP contribution < -0.4 is 5.73 Å². The smallest absolute Gasteiger partial charge is 0.259 e. The van der Waals surface area contributed by atoms with Gasteiger partial charge in [0.15, 0.2) is 5.82 Å². The lowest BCUT2D eigenvalue weighted by molar-refractivity contribution is 0.222. The zero-order chi connectivity index (χ0) is 15.0. The molecule has 1 aromatic carbocycles. The van der Waals surface area contributed by atoms with E-state index in [0.29, 0.717) is 17.6 Å². The third kappa shape index (κ3) is 2.90. The molecular formula is C16H20BrN3O. The van der Waals surface area contributed by atoms with E-state index in [1.807, 2.05) is 25.1 Å². The standard InChI is InChI=1S/C16H20BrN3O/c1-10-5-6-12(13(17)8-10)14-19-15(20-21-14)16(18)7-3-4-11(2)9-16/h5-6,8,11H,3-4,7,9,18H2,1-2H3. The van der Waals surface area contributed by atoms with E-state index >= 15 is 0 Å². The van der Waals surface area contributed by atoms with Crippen LogP contribution in [0.3, 0.4) is 0 Å². The fourth-order valence-electron chi connectivity index (χ4n) is 3.12. The van der Waals surface area contributed by atoms with E-state index in [0.717, 1.165) is 29.3 Å². The summed E-state index contributed by atoms with van der Waals surface area (Å²) in [5.74, 6) is 1.77. The monoisotopic (exact) mass is 349 g/mol. The fourth-order valence-corrected chi connectivity index (χ4v) is 3.79. The van der Waals surface area contributed by atoms with Gasteiger partial charge in [0.2, 0.25) is 0 Å². The summed E-state index contributed by atoms with van der Waals surface area (Å²) >= 11 is 3.55. The van der Waals surface area contributed by atoms with E-state index in [1.165, 1.54) is 12.0 Å². The maximum atomic E-state index is 6.53. The molecule has 0 saturated heterocycles. The van der Waals surface area contributed by atoms with Gasteiger partial charge in [-0.05, 0) is 59.3 Å². The van der Waals surface area contributed by atoms with Crippen LogP contribution in [0.1, 0.15) is 44.0 Å². The Balaban J connectivity index is 1.92. The Morgan fingerprint density at radius 2 is 2.24 bits per heavy atom. The van der Waals surface area contributed by atoms with Crippen LogP contribution in [0, 0.1) is 12.8 Å². The molecule has 1 saturated carbocycles. The molecule has 2 unspecified atom stereocenters. The van der Waals surface area contributed by atoms with E-state index in [1.54, 1.807) is 0 Å². The number of halogens is 1. The van der Waals surface area contributed by atoms with Crippen molar-refractivity contribution in [1.82, 2.24) is 10.1 Å². The maximum absolute atomic E-state index is 6.53. The summed E-state index contributed by atoms with van der Waals surface area (Å²) in [6.07, 6.45) is 4.19. The molecule has 0 aliphatic heterocycles. The Morgan fingerprint density at radius 3 is 2.95 bits per heavy atom. The van der Waals surface area contributed by atoms with E-state index in [-0.39, 0.29) is 0 Å². The number of aromatic nitrogens is 2. The van der Waals surface area contributed by atoms with Crippen LogP contribution in [-0.4, -0.2) is 10.1 Å². The lowest BCUT2D eigenvalue weighted by Gasteiger charge is -2.33. The highest BCUT2D eigenvalue weighted by Crippen LogP contribution is 2.37. The molecule has 1 aliphatic carbocycles. The van der Waals surface area contributed by atoms with Crippen molar-refractivity contribution in [3.8, 4) is 11.5 Å². The van der Waals surface area contributed by atoms with E-state index in [4.69, 9.17) is 10.3 Å². The molecule has 1 aliphatic rings. The van der Waals surface area contributed by atoms with Gasteiger partial charge >= 0.3 is 0 Å². The van der Waals surface area contributed by atoms with Crippen molar-refractivity contribution in [2.24, 2.45) is 11.7 Å². The van der Waals surface area contributed by atoms with Crippen LogP contribution in [0.2, 0.25) is 0 Å². The fraction of sp³-hybridized carbons (Fsp3) is 0.500. The highest BCUT2D eigenvalue weighted by atomic mass is 79.9. The first-order valence-corrected chi connectivity index (χ1v) is 8.17. The van der Waals surface area contributed by atoms with Crippen LogP contribution in [-0.2, 0) is 5.54 Å². The Morgan fingerprint density at radius 1 is 1.43 bits per heavy atom. The largest absolute Gasteiger partial charge is 0.334 e. The first kappa shape index (κ1) is 14.7. The molecule has 0 amide bonds. The van der Waals surface area contributed by atoms with Crippen molar-refractivity contribution >= 4 is 15.9 Å².